The van der Waals surface area contributed by atoms with Crippen LogP contribution in [0.1, 0.15) is 66.2 Å². The van der Waals surface area contributed by atoms with Crippen molar-refractivity contribution < 1.29 is 33.1 Å². The third-order valence-electron chi connectivity index (χ3n) is 5.26. The molecule has 1 aliphatic carbocycles. The van der Waals surface area contributed by atoms with E-state index in [2.05, 4.69) is 16.0 Å². The van der Waals surface area contributed by atoms with Crippen molar-refractivity contribution in [2.75, 3.05) is 0 Å². The fourth-order valence-electron chi connectivity index (χ4n) is 3.87. The Morgan fingerprint density at radius 3 is 1.90 bits per heavy atom. The van der Waals surface area contributed by atoms with Crippen LogP contribution in [0.2, 0.25) is 0 Å². The van der Waals surface area contributed by atoms with Gasteiger partial charge in [-0.2, -0.15) is 0 Å². The van der Waals surface area contributed by atoms with E-state index in [-0.39, 0.29) is 30.2 Å². The zero-order chi connectivity index (χ0) is 23.7. The van der Waals surface area contributed by atoms with Gasteiger partial charge in [0.2, 0.25) is 18.2 Å². The van der Waals surface area contributed by atoms with E-state index in [0.717, 1.165) is 25.7 Å². The molecule has 8 nitrogen and oxygen atoms in total. The highest BCUT2D eigenvalue weighted by Gasteiger charge is 2.35. The van der Waals surface area contributed by atoms with E-state index in [9.17, 15) is 28.0 Å². The molecule has 0 aliphatic heterocycles. The molecule has 0 aromatic rings. The molecule has 0 radical (unpaired) electrons. The molecule has 31 heavy (non-hydrogen) atoms. The molecule has 1 rings (SSSR count). The van der Waals surface area contributed by atoms with Crippen LogP contribution in [0.3, 0.4) is 0 Å². The van der Waals surface area contributed by atoms with Gasteiger partial charge in [-0.1, -0.05) is 40.5 Å². The number of hydrogen-bond acceptors (Lipinski definition) is 5. The molecule has 3 unspecified atom stereocenters. The number of ketones is 1. The number of nitrogens with one attached hydrogen (secondary N) is 3. The van der Waals surface area contributed by atoms with Crippen molar-refractivity contribution in [2.24, 2.45) is 11.8 Å². The number of carbonyl (C=O) groups is 4. The lowest BCUT2D eigenvalue weighted by Gasteiger charge is -2.29. The first-order valence-corrected chi connectivity index (χ1v) is 10.8. The predicted molar refractivity (Wildman–Crippen MR) is 111 cm³/mol. The number of aliphatic carboxylic acids is 1. The van der Waals surface area contributed by atoms with E-state index in [1.54, 1.807) is 0 Å². The van der Waals surface area contributed by atoms with Crippen molar-refractivity contribution in [2.45, 2.75) is 96.8 Å². The van der Waals surface area contributed by atoms with Gasteiger partial charge in [0.25, 0.3) is 5.78 Å². The van der Waals surface area contributed by atoms with Crippen LogP contribution in [-0.4, -0.2) is 59.3 Å². The van der Waals surface area contributed by atoms with Crippen molar-refractivity contribution in [1.29, 1.82) is 0 Å². The highest BCUT2D eigenvalue weighted by molar-refractivity contribution is 6.35. The van der Waals surface area contributed by atoms with Crippen LogP contribution in [0.15, 0.2) is 0 Å². The molecule has 3 atom stereocenters. The Morgan fingerprint density at radius 1 is 0.903 bits per heavy atom. The minimum absolute atomic E-state index is 0.0252. The summed E-state index contributed by atoms with van der Waals surface area (Å²) in [6, 6.07) is -3.40. The molecule has 2 amide bonds. The van der Waals surface area contributed by atoms with E-state index in [0.29, 0.717) is 0 Å². The largest absolute Gasteiger partial charge is 0.475 e. The molecule has 0 bridgehead atoms. The van der Waals surface area contributed by atoms with Crippen LogP contribution in [0, 0.1) is 11.8 Å². The van der Waals surface area contributed by atoms with Crippen molar-refractivity contribution >= 4 is 23.6 Å². The molecule has 4 N–H and O–H groups in total. The summed E-state index contributed by atoms with van der Waals surface area (Å²) >= 11 is 0. The van der Waals surface area contributed by atoms with Gasteiger partial charge in [-0.25, -0.2) is 13.6 Å². The summed E-state index contributed by atoms with van der Waals surface area (Å²) in [5, 5.41) is 16.9. The van der Waals surface area contributed by atoms with Gasteiger partial charge < -0.3 is 21.1 Å². The average Bonchev–Trinajstić information content (AvgIpc) is 3.17. The van der Waals surface area contributed by atoms with Crippen LogP contribution in [0.25, 0.3) is 0 Å². The van der Waals surface area contributed by atoms with Crippen molar-refractivity contribution in [3.63, 3.8) is 0 Å². The molecule has 1 fully saturated rings. The molecule has 178 valence electrons. The summed E-state index contributed by atoms with van der Waals surface area (Å²) in [6.07, 6.45) is -0.0510. The van der Waals surface area contributed by atoms with Crippen LogP contribution in [0.5, 0.6) is 0 Å². The summed E-state index contributed by atoms with van der Waals surface area (Å²) in [5.41, 5.74) is 0. The maximum Gasteiger partial charge on any atom is 0.374 e. The molecule has 0 aromatic carbocycles. The number of alkyl halides is 2. The van der Waals surface area contributed by atoms with E-state index in [4.69, 9.17) is 5.11 Å². The second-order valence-electron chi connectivity index (χ2n) is 8.89. The lowest BCUT2D eigenvalue weighted by molar-refractivity contribution is -0.151. The average molecular weight is 448 g/mol. The summed E-state index contributed by atoms with van der Waals surface area (Å²) in [7, 11) is 0. The predicted octanol–water partition coefficient (Wildman–Crippen LogP) is 1.87. The lowest BCUT2D eigenvalue weighted by Crippen LogP contribution is -2.58. The molecule has 1 aliphatic rings. The van der Waals surface area contributed by atoms with Crippen LogP contribution >= 0.6 is 0 Å². The lowest BCUT2D eigenvalue weighted by atomic mass is 9.95. The Kier molecular flexibility index (Phi) is 11.0. The van der Waals surface area contributed by atoms with Crippen LogP contribution in [-0.2, 0) is 19.2 Å². The second kappa shape index (κ2) is 12.7. The maximum absolute atomic E-state index is 13.0. The zero-order valence-corrected chi connectivity index (χ0v) is 18.6. The Labute approximate surface area is 181 Å². The smallest absolute Gasteiger partial charge is 0.374 e. The minimum Gasteiger partial charge on any atom is -0.475 e. The van der Waals surface area contributed by atoms with Gasteiger partial charge in [0.15, 0.2) is 0 Å². The fraction of sp³-hybridized carbons (Fsp3) is 0.810. The molecule has 10 heteroatoms. The van der Waals surface area contributed by atoms with E-state index in [1.807, 2.05) is 27.7 Å². The minimum atomic E-state index is -2.98. The number of halogens is 2. The van der Waals surface area contributed by atoms with Gasteiger partial charge in [0.1, 0.15) is 12.1 Å². The van der Waals surface area contributed by atoms with Crippen LogP contribution in [0.4, 0.5) is 8.78 Å². The van der Waals surface area contributed by atoms with E-state index < -0.39 is 48.6 Å². The second-order valence-corrected chi connectivity index (χ2v) is 8.89. The number of carboxylic acid groups (broad SMARTS) is 1. The van der Waals surface area contributed by atoms with Gasteiger partial charge in [-0.05, 0) is 31.1 Å². The zero-order valence-electron chi connectivity index (χ0n) is 18.6. The van der Waals surface area contributed by atoms with Gasteiger partial charge in [-0.3, -0.25) is 14.4 Å². The fourth-order valence-corrected chi connectivity index (χ4v) is 3.87. The quantitative estimate of drug-likeness (QED) is 0.320. The van der Waals surface area contributed by atoms with Gasteiger partial charge in [0, 0.05) is 12.5 Å². The highest BCUT2D eigenvalue weighted by Crippen LogP contribution is 2.28. The number of Topliss-reactive ketones (excluding diaryl/α,β-unsaturated/α-hetero) is 1. The maximum atomic E-state index is 13.0. The number of amides is 2. The molecule has 0 aromatic heterocycles. The van der Waals surface area contributed by atoms with Crippen molar-refractivity contribution in [3.05, 3.63) is 0 Å². The topological polar surface area (TPSA) is 125 Å². The Morgan fingerprint density at radius 2 is 1.45 bits per heavy atom. The first kappa shape index (κ1) is 26.9. The Balaban J connectivity index is 2.98. The highest BCUT2D eigenvalue weighted by atomic mass is 19.3. The summed E-state index contributed by atoms with van der Waals surface area (Å²) < 4.78 is 25.6. The molecular weight excluding hydrogens is 412 g/mol. The molecule has 0 heterocycles. The summed E-state index contributed by atoms with van der Waals surface area (Å²) in [4.78, 5) is 48.5. The molecule has 0 saturated heterocycles. The molecule has 1 saturated carbocycles. The van der Waals surface area contributed by atoms with Crippen molar-refractivity contribution in [3.8, 4) is 0 Å². The number of rotatable bonds is 13. The van der Waals surface area contributed by atoms with Gasteiger partial charge in [0.05, 0.1) is 6.04 Å². The van der Waals surface area contributed by atoms with Crippen molar-refractivity contribution in [1.82, 2.24) is 16.0 Å². The van der Waals surface area contributed by atoms with Gasteiger partial charge >= 0.3 is 5.97 Å². The monoisotopic (exact) mass is 447 g/mol. The Bertz CT molecular complexity index is 637. The SMILES string of the molecule is CC(C)CC(NC(=O)C(NC(C)C)C1CCCC1)C(=O)NC(CC(F)F)C(=O)C(=O)O. The van der Waals surface area contributed by atoms with E-state index >= 15 is 0 Å². The molecular formula is C21H35F2N3O5. The first-order valence-electron chi connectivity index (χ1n) is 10.8. The number of carboxylic acids is 1. The number of hydrogen-bond donors (Lipinski definition) is 4. The third kappa shape index (κ3) is 9.28. The first-order chi connectivity index (χ1) is 14.4. The van der Waals surface area contributed by atoms with Gasteiger partial charge in [-0.15, -0.1) is 0 Å². The summed E-state index contributed by atoms with van der Waals surface area (Å²) in [5.74, 6) is -4.53. The third-order valence-corrected chi connectivity index (χ3v) is 5.26. The number of carbonyl (C=O) groups excluding carboxylic acids is 3. The molecule has 0 spiro atoms. The van der Waals surface area contributed by atoms with E-state index in [1.165, 1.54) is 0 Å². The normalized spacial score (nSPS) is 17.6. The van der Waals surface area contributed by atoms with Crippen LogP contribution < -0.4 is 16.0 Å². The Hall–Kier alpha value is -2.10. The summed E-state index contributed by atoms with van der Waals surface area (Å²) in [6.45, 7) is 7.48. The standard InChI is InChI=1S/C21H35F2N3O5/c1-11(2)9-15(19(28)25-14(10-16(22)23)18(27)21(30)31)26-20(29)17(24-12(3)4)13-7-5-6-8-13/h11-17,24H,5-10H2,1-4H3,(H,25,28)(H,26,29)(H,30,31).